The van der Waals surface area contributed by atoms with E-state index in [-0.39, 0.29) is 11.9 Å². The van der Waals surface area contributed by atoms with Crippen LogP contribution in [0.4, 0.5) is 5.69 Å². The van der Waals surface area contributed by atoms with E-state index in [1.807, 2.05) is 24.4 Å². The van der Waals surface area contributed by atoms with Crippen LogP contribution < -0.4 is 10.2 Å². The van der Waals surface area contributed by atoms with Crippen LogP contribution in [0, 0.1) is 13.8 Å². The van der Waals surface area contributed by atoms with E-state index >= 15 is 0 Å². The molecule has 0 spiro atoms. The van der Waals surface area contributed by atoms with Crippen molar-refractivity contribution >= 4 is 28.6 Å². The highest BCUT2D eigenvalue weighted by atomic mass is 32.1. The van der Waals surface area contributed by atoms with Gasteiger partial charge in [0.05, 0.1) is 22.0 Å². The summed E-state index contributed by atoms with van der Waals surface area (Å²) in [7, 11) is 0. The van der Waals surface area contributed by atoms with Gasteiger partial charge in [-0.2, -0.15) is 5.10 Å². The molecule has 1 unspecified atom stereocenters. The Morgan fingerprint density at radius 1 is 1.40 bits per heavy atom. The van der Waals surface area contributed by atoms with Gasteiger partial charge in [0.1, 0.15) is 5.69 Å². The van der Waals surface area contributed by atoms with Crippen molar-refractivity contribution in [2.75, 3.05) is 18.0 Å². The third-order valence-corrected chi connectivity index (χ3v) is 5.43. The number of carbonyl (C=O) groups excluding carboxylic acids is 1. The number of hydrogen-bond donors (Lipinski definition) is 1. The lowest BCUT2D eigenvalue weighted by atomic mass is 10.2. The Hall–Kier alpha value is -2.41. The third-order valence-electron chi connectivity index (χ3n) is 4.55. The lowest BCUT2D eigenvalue weighted by Crippen LogP contribution is -2.35. The zero-order valence-corrected chi connectivity index (χ0v) is 15.4. The molecule has 4 rings (SSSR count). The van der Waals surface area contributed by atoms with Crippen molar-refractivity contribution in [2.45, 2.75) is 33.2 Å². The number of rotatable bonds is 3. The van der Waals surface area contributed by atoms with Crippen LogP contribution in [-0.2, 0) is 4.79 Å². The first-order valence-corrected chi connectivity index (χ1v) is 9.34. The summed E-state index contributed by atoms with van der Waals surface area (Å²) in [5, 5.41) is 9.81. The number of amides is 1. The topological polar surface area (TPSA) is 62.5 Å². The second kappa shape index (κ2) is 6.15. The lowest BCUT2D eigenvalue weighted by molar-refractivity contribution is -0.119. The summed E-state index contributed by atoms with van der Waals surface area (Å²) in [5.41, 5.74) is 4.98. The highest BCUT2D eigenvalue weighted by Gasteiger charge is 2.26. The smallest absolute Gasteiger partial charge is 0.217 e. The van der Waals surface area contributed by atoms with E-state index in [0.717, 1.165) is 47.9 Å². The second-order valence-electron chi connectivity index (χ2n) is 6.56. The fourth-order valence-electron chi connectivity index (χ4n) is 3.54. The SMILES string of the molecule is CC(=O)NC1CCN(c2cc(C)nn3c(-c4cccs4)c(C)nc23)C1. The zero-order valence-electron chi connectivity index (χ0n) is 14.6. The van der Waals surface area contributed by atoms with Gasteiger partial charge in [-0.05, 0) is 37.8 Å². The lowest BCUT2D eigenvalue weighted by Gasteiger charge is -2.20. The number of anilines is 1. The summed E-state index contributed by atoms with van der Waals surface area (Å²) >= 11 is 1.70. The van der Waals surface area contributed by atoms with Gasteiger partial charge >= 0.3 is 0 Å². The Morgan fingerprint density at radius 3 is 2.96 bits per heavy atom. The molecule has 6 nitrogen and oxygen atoms in total. The molecule has 3 aromatic heterocycles. The van der Waals surface area contributed by atoms with Crippen LogP contribution >= 0.6 is 11.3 Å². The molecule has 1 N–H and O–H groups in total. The molecular formula is C18H21N5OS. The summed E-state index contributed by atoms with van der Waals surface area (Å²) in [6.45, 7) is 7.33. The molecule has 1 aliphatic rings. The average Bonchev–Trinajstić information content (AvgIpc) is 3.25. The van der Waals surface area contributed by atoms with Crippen LogP contribution in [0.1, 0.15) is 24.7 Å². The molecule has 1 aliphatic heterocycles. The molecule has 0 saturated carbocycles. The van der Waals surface area contributed by atoms with E-state index < -0.39 is 0 Å². The van der Waals surface area contributed by atoms with Gasteiger partial charge in [0.15, 0.2) is 5.65 Å². The molecule has 0 aliphatic carbocycles. The van der Waals surface area contributed by atoms with E-state index in [4.69, 9.17) is 10.1 Å². The number of imidazole rings is 1. The number of carbonyl (C=O) groups is 1. The minimum atomic E-state index is 0.0274. The maximum Gasteiger partial charge on any atom is 0.217 e. The third kappa shape index (κ3) is 2.89. The number of fused-ring (bicyclic) bond motifs is 1. The molecule has 4 heterocycles. The second-order valence-corrected chi connectivity index (χ2v) is 7.51. The summed E-state index contributed by atoms with van der Waals surface area (Å²) < 4.78 is 1.97. The van der Waals surface area contributed by atoms with Crippen LogP contribution in [-0.4, -0.2) is 39.6 Å². The van der Waals surface area contributed by atoms with E-state index in [2.05, 4.69) is 27.7 Å². The molecule has 0 bridgehead atoms. The molecule has 25 heavy (non-hydrogen) atoms. The largest absolute Gasteiger partial charge is 0.366 e. The summed E-state index contributed by atoms with van der Waals surface area (Å²) in [6.07, 6.45) is 0.949. The van der Waals surface area contributed by atoms with Crippen molar-refractivity contribution in [3.05, 3.63) is 35.0 Å². The van der Waals surface area contributed by atoms with E-state index in [9.17, 15) is 4.79 Å². The molecule has 1 fully saturated rings. The molecule has 3 aromatic rings. The van der Waals surface area contributed by atoms with Crippen LogP contribution in [0.25, 0.3) is 16.2 Å². The van der Waals surface area contributed by atoms with Gasteiger partial charge in [-0.1, -0.05) is 6.07 Å². The monoisotopic (exact) mass is 355 g/mol. The number of nitrogens with one attached hydrogen (secondary N) is 1. The summed E-state index contributed by atoms with van der Waals surface area (Å²) in [5.74, 6) is 0.0274. The van der Waals surface area contributed by atoms with E-state index in [1.54, 1.807) is 18.3 Å². The van der Waals surface area contributed by atoms with Gasteiger partial charge in [0.2, 0.25) is 5.91 Å². The predicted molar refractivity (Wildman–Crippen MR) is 100 cm³/mol. The summed E-state index contributed by atoms with van der Waals surface area (Å²) in [6, 6.07) is 6.44. The molecule has 1 saturated heterocycles. The molecule has 1 atom stereocenters. The van der Waals surface area contributed by atoms with Crippen LogP contribution in [0.15, 0.2) is 23.6 Å². The molecule has 130 valence electrons. The molecule has 0 radical (unpaired) electrons. The molecule has 0 aromatic carbocycles. The predicted octanol–water partition coefficient (Wildman–Crippen LogP) is 2.79. The minimum absolute atomic E-state index is 0.0274. The Labute approximate surface area is 150 Å². The van der Waals surface area contributed by atoms with Gasteiger partial charge in [-0.25, -0.2) is 9.50 Å². The standard InChI is InChI=1S/C18H21N5OS/c1-11-9-15(22-7-6-14(10-22)20-13(3)24)18-19-12(2)17(23(18)21-11)16-5-4-8-25-16/h4-5,8-9,14H,6-7,10H2,1-3H3,(H,20,24). The number of aromatic nitrogens is 3. The number of hydrogen-bond acceptors (Lipinski definition) is 5. The van der Waals surface area contributed by atoms with Crippen LogP contribution in [0.5, 0.6) is 0 Å². The van der Waals surface area contributed by atoms with Gasteiger partial charge in [0.25, 0.3) is 0 Å². The zero-order chi connectivity index (χ0) is 17.6. The number of aryl methyl sites for hydroxylation is 2. The Morgan fingerprint density at radius 2 is 2.24 bits per heavy atom. The fourth-order valence-corrected chi connectivity index (χ4v) is 4.35. The Bertz CT molecular complexity index is 931. The van der Waals surface area contributed by atoms with Gasteiger partial charge < -0.3 is 10.2 Å². The van der Waals surface area contributed by atoms with Crippen molar-refractivity contribution in [2.24, 2.45) is 0 Å². The molecular weight excluding hydrogens is 334 g/mol. The van der Waals surface area contributed by atoms with Crippen molar-refractivity contribution < 1.29 is 4.79 Å². The van der Waals surface area contributed by atoms with E-state index in [1.165, 1.54) is 4.88 Å². The molecule has 7 heteroatoms. The molecule has 1 amide bonds. The maximum atomic E-state index is 11.3. The minimum Gasteiger partial charge on any atom is -0.366 e. The first-order valence-electron chi connectivity index (χ1n) is 8.46. The Balaban J connectivity index is 1.78. The number of nitrogens with zero attached hydrogens (tertiary/aromatic N) is 4. The number of thiophene rings is 1. The highest BCUT2D eigenvalue weighted by Crippen LogP contribution is 2.32. The highest BCUT2D eigenvalue weighted by molar-refractivity contribution is 7.13. The maximum absolute atomic E-state index is 11.3. The van der Waals surface area contributed by atoms with Gasteiger partial charge in [-0.15, -0.1) is 11.3 Å². The van der Waals surface area contributed by atoms with Crippen molar-refractivity contribution in [3.63, 3.8) is 0 Å². The Kier molecular flexibility index (Phi) is 3.95. The average molecular weight is 355 g/mol. The quantitative estimate of drug-likeness (QED) is 0.785. The summed E-state index contributed by atoms with van der Waals surface area (Å²) in [4.78, 5) is 19.6. The first-order chi connectivity index (χ1) is 12.0. The van der Waals surface area contributed by atoms with Crippen molar-refractivity contribution in [1.29, 1.82) is 0 Å². The van der Waals surface area contributed by atoms with Gasteiger partial charge in [-0.3, -0.25) is 4.79 Å². The normalized spacial score (nSPS) is 17.4. The van der Waals surface area contributed by atoms with Crippen molar-refractivity contribution in [1.82, 2.24) is 19.9 Å². The van der Waals surface area contributed by atoms with Crippen LogP contribution in [0.3, 0.4) is 0 Å². The van der Waals surface area contributed by atoms with Crippen LogP contribution in [0.2, 0.25) is 0 Å². The van der Waals surface area contributed by atoms with E-state index in [0.29, 0.717) is 0 Å². The van der Waals surface area contributed by atoms with Crippen molar-refractivity contribution in [3.8, 4) is 10.6 Å². The van der Waals surface area contributed by atoms with Gasteiger partial charge in [0, 0.05) is 26.1 Å². The fraction of sp³-hybridized carbons (Fsp3) is 0.389. The first kappa shape index (κ1) is 16.1.